The average molecular weight is 354 g/mol. The van der Waals surface area contributed by atoms with E-state index < -0.39 is 9.84 Å². The van der Waals surface area contributed by atoms with Gasteiger partial charge in [-0.25, -0.2) is 8.42 Å². The van der Waals surface area contributed by atoms with Crippen molar-refractivity contribution in [2.45, 2.75) is 39.3 Å². The smallest absolute Gasteiger partial charge is 0.151 e. The second kappa shape index (κ2) is 8.83. The highest BCUT2D eigenvalue weighted by molar-refractivity contribution is 7.91. The van der Waals surface area contributed by atoms with Gasteiger partial charge in [0.25, 0.3) is 0 Å². The second-order valence-electron chi connectivity index (χ2n) is 6.65. The Labute approximate surface area is 146 Å². The van der Waals surface area contributed by atoms with Crippen LogP contribution in [0.5, 0.6) is 0 Å². The molecule has 1 aliphatic heterocycles. The molecule has 0 spiro atoms. The zero-order valence-corrected chi connectivity index (χ0v) is 15.8. The van der Waals surface area contributed by atoms with Crippen molar-refractivity contribution in [1.29, 1.82) is 0 Å². The van der Waals surface area contributed by atoms with E-state index in [4.69, 9.17) is 5.73 Å². The predicted octanol–water partition coefficient (Wildman–Crippen LogP) is 1.99. The Morgan fingerprint density at radius 2 is 1.79 bits per heavy atom. The van der Waals surface area contributed by atoms with E-state index >= 15 is 0 Å². The van der Waals surface area contributed by atoms with Crippen molar-refractivity contribution in [2.75, 3.05) is 43.4 Å². The topological polar surface area (TPSA) is 66.6 Å². The molecular formula is C18H31N3O2S. The van der Waals surface area contributed by atoms with Gasteiger partial charge >= 0.3 is 0 Å². The summed E-state index contributed by atoms with van der Waals surface area (Å²) in [5.74, 6) is 0.624. The normalized spacial score (nSPS) is 20.1. The fourth-order valence-electron chi connectivity index (χ4n) is 3.35. The van der Waals surface area contributed by atoms with Gasteiger partial charge in [-0.05, 0) is 50.2 Å². The molecular weight excluding hydrogens is 322 g/mol. The molecule has 0 bridgehead atoms. The van der Waals surface area contributed by atoms with Crippen LogP contribution in [0.1, 0.15) is 32.3 Å². The van der Waals surface area contributed by atoms with E-state index in [1.807, 2.05) is 24.3 Å². The number of nitrogens with zero attached hydrogens (tertiary/aromatic N) is 2. The lowest BCUT2D eigenvalue weighted by Gasteiger charge is -2.29. The third kappa shape index (κ3) is 5.76. The summed E-state index contributed by atoms with van der Waals surface area (Å²) in [6, 6.07) is 8.04. The van der Waals surface area contributed by atoms with Gasteiger partial charge in [0.05, 0.1) is 11.5 Å². The number of nitrogen functional groups attached to an aromatic ring is 1. The summed E-state index contributed by atoms with van der Waals surface area (Å²) >= 11 is 0. The molecule has 1 aromatic rings. The number of anilines is 1. The van der Waals surface area contributed by atoms with Crippen LogP contribution in [0, 0.1) is 0 Å². The Hall–Kier alpha value is -1.11. The quantitative estimate of drug-likeness (QED) is 0.688. The van der Waals surface area contributed by atoms with Crippen LogP contribution in [0.2, 0.25) is 0 Å². The molecule has 24 heavy (non-hydrogen) atoms. The fourth-order valence-corrected chi connectivity index (χ4v) is 5.11. The van der Waals surface area contributed by atoms with Gasteiger partial charge in [-0.1, -0.05) is 26.0 Å². The first-order valence-electron chi connectivity index (χ1n) is 8.94. The minimum absolute atomic E-state index is 0.143. The van der Waals surface area contributed by atoms with Crippen LogP contribution >= 0.6 is 0 Å². The number of nitrogens with two attached hydrogens (primary N) is 1. The molecule has 0 aliphatic carbocycles. The maximum atomic E-state index is 11.9. The second-order valence-corrected chi connectivity index (χ2v) is 8.88. The zero-order valence-electron chi connectivity index (χ0n) is 14.9. The molecule has 6 heteroatoms. The summed E-state index contributed by atoms with van der Waals surface area (Å²) in [6.07, 6.45) is 1.82. The summed E-state index contributed by atoms with van der Waals surface area (Å²) in [4.78, 5) is 4.76. The van der Waals surface area contributed by atoms with Crippen LogP contribution in [0.15, 0.2) is 24.3 Å². The van der Waals surface area contributed by atoms with Crippen LogP contribution in [-0.4, -0.2) is 61.9 Å². The Bertz CT molecular complexity index is 597. The van der Waals surface area contributed by atoms with Crippen molar-refractivity contribution in [3.63, 3.8) is 0 Å². The summed E-state index contributed by atoms with van der Waals surface area (Å²) in [5, 5.41) is 0. The largest absolute Gasteiger partial charge is 0.399 e. The summed E-state index contributed by atoms with van der Waals surface area (Å²) in [7, 11) is -2.86. The van der Waals surface area contributed by atoms with Gasteiger partial charge < -0.3 is 10.6 Å². The Kier molecular flexibility index (Phi) is 7.07. The van der Waals surface area contributed by atoms with Crippen LogP contribution in [-0.2, 0) is 16.4 Å². The molecule has 0 saturated carbocycles. The molecule has 0 amide bonds. The van der Waals surface area contributed by atoms with E-state index in [1.54, 1.807) is 0 Å². The van der Waals surface area contributed by atoms with E-state index in [1.165, 1.54) is 5.56 Å². The zero-order chi connectivity index (χ0) is 17.6. The van der Waals surface area contributed by atoms with Crippen molar-refractivity contribution in [2.24, 2.45) is 0 Å². The lowest BCUT2D eigenvalue weighted by atomic mass is 10.1. The van der Waals surface area contributed by atoms with Gasteiger partial charge in [0, 0.05) is 24.8 Å². The lowest BCUT2D eigenvalue weighted by molar-refractivity contribution is 0.186. The monoisotopic (exact) mass is 353 g/mol. The van der Waals surface area contributed by atoms with E-state index in [-0.39, 0.29) is 6.04 Å². The highest BCUT2D eigenvalue weighted by Crippen LogP contribution is 2.21. The third-order valence-corrected chi connectivity index (χ3v) is 6.65. The number of hydrogen-bond donors (Lipinski definition) is 1. The minimum atomic E-state index is -2.86. The SMILES string of the molecule is CCN(CC)CCCN(Cc1ccc(N)cc1)[C@@H]1CCS(=O)(=O)C1. The number of sulfone groups is 1. The van der Waals surface area contributed by atoms with Gasteiger partial charge in [0.1, 0.15) is 0 Å². The lowest BCUT2D eigenvalue weighted by Crippen LogP contribution is -2.38. The van der Waals surface area contributed by atoms with Gasteiger partial charge in [-0.3, -0.25) is 4.90 Å². The molecule has 2 N–H and O–H groups in total. The maximum Gasteiger partial charge on any atom is 0.151 e. The standard InChI is InChI=1S/C18H31N3O2S/c1-3-20(4-2)11-5-12-21(18-10-13-24(22,23)15-18)14-16-6-8-17(19)9-7-16/h6-9,18H,3-5,10-15,19H2,1-2H3/t18-/m1/s1. The van der Waals surface area contributed by atoms with E-state index in [2.05, 4.69) is 23.6 Å². The molecule has 0 aromatic heterocycles. The third-order valence-electron chi connectivity index (χ3n) is 4.90. The molecule has 1 atom stereocenters. The first-order chi connectivity index (χ1) is 11.4. The van der Waals surface area contributed by atoms with E-state index in [0.29, 0.717) is 11.5 Å². The predicted molar refractivity (Wildman–Crippen MR) is 101 cm³/mol. The number of benzene rings is 1. The van der Waals surface area contributed by atoms with Gasteiger partial charge in [0.15, 0.2) is 9.84 Å². The molecule has 2 rings (SSSR count). The molecule has 5 nitrogen and oxygen atoms in total. The number of hydrogen-bond acceptors (Lipinski definition) is 5. The minimum Gasteiger partial charge on any atom is -0.399 e. The Morgan fingerprint density at radius 1 is 1.12 bits per heavy atom. The van der Waals surface area contributed by atoms with Gasteiger partial charge in [-0.15, -0.1) is 0 Å². The first-order valence-corrected chi connectivity index (χ1v) is 10.8. The van der Waals surface area contributed by atoms with Crippen molar-refractivity contribution >= 4 is 15.5 Å². The van der Waals surface area contributed by atoms with Gasteiger partial charge in [0.2, 0.25) is 0 Å². The van der Waals surface area contributed by atoms with Crippen LogP contribution in [0.25, 0.3) is 0 Å². The molecule has 1 aromatic carbocycles. The Morgan fingerprint density at radius 3 is 2.33 bits per heavy atom. The van der Waals surface area contributed by atoms with Crippen LogP contribution in [0.4, 0.5) is 5.69 Å². The Balaban J connectivity index is 1.99. The van der Waals surface area contributed by atoms with Crippen molar-refractivity contribution in [3.8, 4) is 0 Å². The summed E-state index contributed by atoms with van der Waals surface area (Å²) in [6.45, 7) is 9.27. The maximum absolute atomic E-state index is 11.9. The molecule has 1 heterocycles. The van der Waals surface area contributed by atoms with Crippen LogP contribution in [0.3, 0.4) is 0 Å². The van der Waals surface area contributed by atoms with E-state index in [0.717, 1.165) is 51.3 Å². The fraction of sp³-hybridized carbons (Fsp3) is 0.667. The van der Waals surface area contributed by atoms with Crippen molar-refractivity contribution < 1.29 is 8.42 Å². The molecule has 1 fully saturated rings. The highest BCUT2D eigenvalue weighted by atomic mass is 32.2. The molecule has 1 aliphatic rings. The first kappa shape index (κ1) is 19.2. The number of rotatable bonds is 9. The highest BCUT2D eigenvalue weighted by Gasteiger charge is 2.32. The van der Waals surface area contributed by atoms with Gasteiger partial charge in [-0.2, -0.15) is 0 Å². The van der Waals surface area contributed by atoms with Crippen LogP contribution < -0.4 is 5.73 Å². The van der Waals surface area contributed by atoms with E-state index in [9.17, 15) is 8.42 Å². The summed E-state index contributed by atoms with van der Waals surface area (Å²) in [5.41, 5.74) is 7.71. The summed E-state index contributed by atoms with van der Waals surface area (Å²) < 4.78 is 23.7. The van der Waals surface area contributed by atoms with Crippen molar-refractivity contribution in [1.82, 2.24) is 9.80 Å². The average Bonchev–Trinajstić information content (AvgIpc) is 2.92. The molecule has 0 radical (unpaired) electrons. The molecule has 1 saturated heterocycles. The molecule has 136 valence electrons. The molecule has 0 unspecified atom stereocenters. The van der Waals surface area contributed by atoms with Crippen molar-refractivity contribution in [3.05, 3.63) is 29.8 Å².